The van der Waals surface area contributed by atoms with Crippen molar-refractivity contribution in [2.24, 2.45) is 4.99 Å². The third-order valence-electron chi connectivity index (χ3n) is 6.62. The molecule has 0 bridgehead atoms. The number of aromatic nitrogens is 1. The first kappa shape index (κ1) is 26.2. The highest BCUT2D eigenvalue weighted by Crippen LogP contribution is 2.33. The van der Waals surface area contributed by atoms with E-state index in [0.29, 0.717) is 54.8 Å². The van der Waals surface area contributed by atoms with Gasteiger partial charge in [0.2, 0.25) is 16.8 Å². The van der Waals surface area contributed by atoms with Crippen LogP contribution in [0.3, 0.4) is 0 Å². The average Bonchev–Trinajstić information content (AvgIpc) is 3.60. The normalized spacial score (nSPS) is 15.8. The molecule has 13 heteroatoms. The van der Waals surface area contributed by atoms with Gasteiger partial charge in [-0.25, -0.2) is 13.4 Å². The van der Waals surface area contributed by atoms with Crippen LogP contribution in [0.1, 0.15) is 5.56 Å². The highest BCUT2D eigenvalue weighted by atomic mass is 32.2. The smallest absolute Gasteiger partial charge is 0.269 e. The minimum atomic E-state index is -3.61. The fraction of sp³-hybridized carbons (Fsp3) is 0.222. The molecule has 0 spiro atoms. The molecule has 0 radical (unpaired) electrons. The fourth-order valence-electron chi connectivity index (χ4n) is 4.52. The van der Waals surface area contributed by atoms with E-state index in [1.54, 1.807) is 36.4 Å². The zero-order valence-corrected chi connectivity index (χ0v) is 22.8. The molecule has 0 atom stereocenters. The molecule has 1 aromatic heterocycles. The number of benzene rings is 3. The molecule has 0 unspecified atom stereocenters. The Labute approximate surface area is 233 Å². The van der Waals surface area contributed by atoms with Gasteiger partial charge in [-0.05, 0) is 59.7 Å². The van der Waals surface area contributed by atoms with Crippen LogP contribution in [0.4, 0.5) is 11.4 Å². The highest BCUT2D eigenvalue weighted by molar-refractivity contribution is 7.89. The summed E-state index contributed by atoms with van der Waals surface area (Å²) < 4.78 is 45.7. The van der Waals surface area contributed by atoms with Crippen molar-refractivity contribution in [3.05, 3.63) is 92.6 Å². The van der Waals surface area contributed by atoms with E-state index in [0.717, 1.165) is 16.8 Å². The van der Waals surface area contributed by atoms with Crippen LogP contribution in [0.15, 0.2) is 82.0 Å². The van der Waals surface area contributed by atoms with Crippen LogP contribution >= 0.6 is 11.3 Å². The molecule has 11 nitrogen and oxygen atoms in total. The Bertz CT molecular complexity index is 1720. The van der Waals surface area contributed by atoms with Crippen molar-refractivity contribution in [1.29, 1.82) is 0 Å². The summed E-state index contributed by atoms with van der Waals surface area (Å²) in [6.07, 6.45) is 0. The number of non-ortho nitro benzene ring substituents is 1. The highest BCUT2D eigenvalue weighted by Gasteiger charge is 2.26. The Morgan fingerprint density at radius 1 is 0.950 bits per heavy atom. The van der Waals surface area contributed by atoms with Crippen molar-refractivity contribution in [1.82, 2.24) is 8.87 Å². The van der Waals surface area contributed by atoms with Gasteiger partial charge in [-0.1, -0.05) is 6.07 Å². The summed E-state index contributed by atoms with van der Waals surface area (Å²) >= 11 is 1.42. The largest absolute Gasteiger partial charge is 0.454 e. The molecule has 1 saturated heterocycles. The summed E-state index contributed by atoms with van der Waals surface area (Å²) in [6.45, 7) is 2.05. The van der Waals surface area contributed by atoms with Gasteiger partial charge in [0.25, 0.3) is 5.69 Å². The number of ether oxygens (including phenoxy) is 3. The third kappa shape index (κ3) is 5.23. The van der Waals surface area contributed by atoms with Crippen molar-refractivity contribution in [3.63, 3.8) is 0 Å². The van der Waals surface area contributed by atoms with Crippen LogP contribution in [-0.4, -0.2) is 55.3 Å². The molecule has 0 aliphatic carbocycles. The van der Waals surface area contributed by atoms with Crippen LogP contribution in [0.5, 0.6) is 11.5 Å². The van der Waals surface area contributed by atoms with E-state index in [2.05, 4.69) is 0 Å². The predicted octanol–water partition coefficient (Wildman–Crippen LogP) is 4.16. The fourth-order valence-corrected chi connectivity index (χ4v) is 6.85. The van der Waals surface area contributed by atoms with Gasteiger partial charge in [0.05, 0.1) is 41.0 Å². The van der Waals surface area contributed by atoms with Gasteiger partial charge >= 0.3 is 0 Å². The average molecular weight is 581 g/mol. The van der Waals surface area contributed by atoms with Crippen LogP contribution < -0.4 is 14.3 Å². The lowest BCUT2D eigenvalue weighted by molar-refractivity contribution is -0.384. The molecule has 206 valence electrons. The Balaban J connectivity index is 1.36. The zero-order chi connectivity index (χ0) is 27.7. The van der Waals surface area contributed by atoms with Crippen LogP contribution in [-0.2, 0) is 21.3 Å². The number of sulfonamides is 1. The topological polar surface area (TPSA) is 126 Å². The van der Waals surface area contributed by atoms with Crippen LogP contribution in [0.25, 0.3) is 11.3 Å². The van der Waals surface area contributed by atoms with E-state index in [9.17, 15) is 18.5 Å². The molecular formula is C27H24N4O7S2. The lowest BCUT2D eigenvalue weighted by atomic mass is 10.1. The van der Waals surface area contributed by atoms with Gasteiger partial charge in [0, 0.05) is 30.6 Å². The first-order chi connectivity index (χ1) is 19.4. The van der Waals surface area contributed by atoms with Crippen molar-refractivity contribution in [2.75, 3.05) is 33.1 Å². The van der Waals surface area contributed by atoms with E-state index in [4.69, 9.17) is 19.2 Å². The zero-order valence-electron chi connectivity index (χ0n) is 21.1. The summed E-state index contributed by atoms with van der Waals surface area (Å²) in [5.74, 6) is 1.35. The van der Waals surface area contributed by atoms with Gasteiger partial charge < -0.3 is 18.8 Å². The number of nitrogens with zero attached hydrogens (tertiary/aromatic N) is 4. The summed E-state index contributed by atoms with van der Waals surface area (Å²) in [5.41, 5.74) is 3.20. The van der Waals surface area contributed by atoms with E-state index in [1.807, 2.05) is 28.1 Å². The number of rotatable bonds is 7. The van der Waals surface area contributed by atoms with Crippen molar-refractivity contribution in [2.45, 2.75) is 11.4 Å². The molecule has 2 aliphatic rings. The Hall–Kier alpha value is -4.04. The molecule has 0 saturated carbocycles. The Kier molecular flexibility index (Phi) is 7.11. The molecule has 0 N–H and O–H groups in total. The lowest BCUT2D eigenvalue weighted by Crippen LogP contribution is -2.40. The van der Waals surface area contributed by atoms with Gasteiger partial charge in [-0.2, -0.15) is 4.31 Å². The standard InChI is InChI=1S/C27H24N4O7S2/c32-31(33)22-6-2-20(3-7-22)24-17-39-27(30(24)16-19-1-10-25-26(15-19)38-18-37-25)28-21-4-8-23(9-5-21)40(34,35)29-11-13-36-14-12-29/h1-10,15,17H,11-14,16,18H2. The molecule has 3 aromatic carbocycles. The maximum atomic E-state index is 13.0. The number of nitro groups is 1. The number of fused-ring (bicyclic) bond motifs is 1. The van der Waals surface area contributed by atoms with Crippen LogP contribution in [0.2, 0.25) is 0 Å². The molecule has 1 fully saturated rings. The van der Waals surface area contributed by atoms with Crippen molar-refractivity contribution < 1.29 is 27.6 Å². The number of morpholine rings is 1. The van der Waals surface area contributed by atoms with Gasteiger partial charge in [-0.3, -0.25) is 10.1 Å². The molecule has 0 amide bonds. The summed E-state index contributed by atoms with van der Waals surface area (Å²) in [5, 5.41) is 13.1. The van der Waals surface area contributed by atoms with E-state index < -0.39 is 14.9 Å². The van der Waals surface area contributed by atoms with Gasteiger partial charge in [-0.15, -0.1) is 11.3 Å². The maximum Gasteiger partial charge on any atom is 0.269 e. The Morgan fingerprint density at radius 3 is 2.40 bits per heavy atom. The number of hydrogen-bond donors (Lipinski definition) is 0. The maximum absolute atomic E-state index is 13.0. The summed E-state index contributed by atoms with van der Waals surface area (Å²) in [7, 11) is -3.61. The molecule has 6 rings (SSSR count). The number of hydrogen-bond acceptors (Lipinski definition) is 9. The Morgan fingerprint density at radius 2 is 1.68 bits per heavy atom. The second-order valence-electron chi connectivity index (χ2n) is 9.10. The monoisotopic (exact) mass is 580 g/mol. The number of nitro benzene ring substituents is 1. The first-order valence-electron chi connectivity index (χ1n) is 12.4. The summed E-state index contributed by atoms with van der Waals surface area (Å²) in [6, 6.07) is 18.6. The molecule has 2 aliphatic heterocycles. The minimum absolute atomic E-state index is 0.0123. The second-order valence-corrected chi connectivity index (χ2v) is 11.9. The van der Waals surface area contributed by atoms with E-state index >= 15 is 0 Å². The summed E-state index contributed by atoms with van der Waals surface area (Å²) in [4.78, 5) is 16.4. The molecular weight excluding hydrogens is 556 g/mol. The molecule has 40 heavy (non-hydrogen) atoms. The molecule has 3 heterocycles. The van der Waals surface area contributed by atoms with E-state index in [1.165, 1.54) is 27.8 Å². The minimum Gasteiger partial charge on any atom is -0.454 e. The first-order valence-corrected chi connectivity index (χ1v) is 14.7. The molecule has 4 aromatic rings. The van der Waals surface area contributed by atoms with Crippen LogP contribution in [0, 0.1) is 10.1 Å². The van der Waals surface area contributed by atoms with Gasteiger partial charge in [0.15, 0.2) is 16.3 Å². The third-order valence-corrected chi connectivity index (χ3v) is 9.39. The van der Waals surface area contributed by atoms with E-state index in [-0.39, 0.29) is 17.4 Å². The number of thiazole rings is 1. The second kappa shape index (κ2) is 10.8. The quantitative estimate of drug-likeness (QED) is 0.237. The predicted molar refractivity (Wildman–Crippen MR) is 147 cm³/mol. The SMILES string of the molecule is O=[N+]([O-])c1ccc(-c2csc(=Nc3ccc(S(=O)(=O)N4CCOCC4)cc3)n2Cc2ccc3c(c2)OCO3)cc1. The van der Waals surface area contributed by atoms with Crippen molar-refractivity contribution >= 4 is 32.7 Å². The van der Waals surface area contributed by atoms with Gasteiger partial charge in [0.1, 0.15) is 0 Å². The van der Waals surface area contributed by atoms with Crippen molar-refractivity contribution in [3.8, 4) is 22.8 Å². The lowest BCUT2D eigenvalue weighted by Gasteiger charge is -2.26.